The van der Waals surface area contributed by atoms with E-state index in [1.165, 1.54) is 0 Å². The Hall–Kier alpha value is 0.210. The highest BCUT2D eigenvalue weighted by Crippen LogP contribution is 2.15. The fourth-order valence-corrected chi connectivity index (χ4v) is 1.43. The first-order valence-corrected chi connectivity index (χ1v) is 4.20. The summed E-state index contributed by atoms with van der Waals surface area (Å²) in [4.78, 5) is 0. The van der Waals surface area contributed by atoms with E-state index in [0.29, 0.717) is 5.38 Å². The Kier molecular flexibility index (Phi) is 2.96. The average molecular weight is 163 g/mol. The molecule has 0 spiro atoms. The Balaban J connectivity index is 2.26. The molecule has 2 nitrogen and oxygen atoms in total. The Labute approximate surface area is 67.7 Å². The number of rotatable bonds is 1. The molecule has 0 aromatic heterocycles. The molecule has 0 radical (unpaired) electrons. The van der Waals surface area contributed by atoms with Crippen molar-refractivity contribution >= 4 is 11.6 Å². The van der Waals surface area contributed by atoms with Gasteiger partial charge in [0.05, 0.1) is 0 Å². The van der Waals surface area contributed by atoms with Gasteiger partial charge in [0.2, 0.25) is 0 Å². The van der Waals surface area contributed by atoms with Gasteiger partial charge < -0.3 is 0 Å². The SMILES string of the molecule is CN(C)N1CCC(Cl)CC1. The third-order valence-electron chi connectivity index (χ3n) is 1.97. The van der Waals surface area contributed by atoms with Crippen molar-refractivity contribution in [3.63, 3.8) is 0 Å². The molecule has 0 bridgehead atoms. The molecule has 0 amide bonds. The number of halogens is 1. The van der Waals surface area contributed by atoms with E-state index < -0.39 is 0 Å². The van der Waals surface area contributed by atoms with Crippen molar-refractivity contribution in [3.8, 4) is 0 Å². The van der Waals surface area contributed by atoms with E-state index in [9.17, 15) is 0 Å². The van der Waals surface area contributed by atoms with Gasteiger partial charge in [0.25, 0.3) is 0 Å². The largest absolute Gasteiger partial charge is 0.248 e. The monoisotopic (exact) mass is 162 g/mol. The van der Waals surface area contributed by atoms with Crippen LogP contribution in [0.2, 0.25) is 0 Å². The molecule has 1 aliphatic heterocycles. The highest BCUT2D eigenvalue weighted by Gasteiger charge is 2.17. The molecule has 10 heavy (non-hydrogen) atoms. The van der Waals surface area contributed by atoms with E-state index >= 15 is 0 Å². The van der Waals surface area contributed by atoms with Crippen LogP contribution in [0.15, 0.2) is 0 Å². The molecule has 0 atom stereocenters. The molecule has 0 aromatic carbocycles. The van der Waals surface area contributed by atoms with Crippen LogP contribution in [0.4, 0.5) is 0 Å². The third kappa shape index (κ3) is 2.11. The second-order valence-electron chi connectivity index (χ2n) is 2.98. The predicted molar refractivity (Wildman–Crippen MR) is 44.1 cm³/mol. The molecule has 0 N–H and O–H groups in total. The molecule has 0 saturated carbocycles. The van der Waals surface area contributed by atoms with Crippen LogP contribution in [0.25, 0.3) is 0 Å². The summed E-state index contributed by atoms with van der Waals surface area (Å²) in [5.41, 5.74) is 0. The van der Waals surface area contributed by atoms with Gasteiger partial charge >= 0.3 is 0 Å². The maximum absolute atomic E-state index is 5.94. The Morgan fingerprint density at radius 1 is 1.30 bits per heavy atom. The quantitative estimate of drug-likeness (QED) is 0.534. The molecular formula is C7H15ClN2. The van der Waals surface area contributed by atoms with Crippen LogP contribution < -0.4 is 0 Å². The van der Waals surface area contributed by atoms with Crippen LogP contribution in [-0.2, 0) is 0 Å². The van der Waals surface area contributed by atoms with Crippen molar-refractivity contribution in [3.05, 3.63) is 0 Å². The maximum atomic E-state index is 5.94. The van der Waals surface area contributed by atoms with E-state index in [4.69, 9.17) is 11.6 Å². The third-order valence-corrected chi connectivity index (χ3v) is 2.40. The van der Waals surface area contributed by atoms with Crippen LogP contribution >= 0.6 is 11.6 Å². The van der Waals surface area contributed by atoms with Gasteiger partial charge in [-0.15, -0.1) is 11.6 Å². The van der Waals surface area contributed by atoms with Crippen LogP contribution in [-0.4, -0.2) is 42.6 Å². The lowest BCUT2D eigenvalue weighted by molar-refractivity contribution is 0.00846. The zero-order valence-corrected chi connectivity index (χ0v) is 7.43. The fraction of sp³-hybridized carbons (Fsp3) is 1.00. The van der Waals surface area contributed by atoms with Crippen molar-refractivity contribution in [1.82, 2.24) is 10.0 Å². The zero-order valence-electron chi connectivity index (χ0n) is 6.68. The van der Waals surface area contributed by atoms with E-state index in [-0.39, 0.29) is 0 Å². The summed E-state index contributed by atoms with van der Waals surface area (Å²) in [6.45, 7) is 2.22. The van der Waals surface area contributed by atoms with Crippen molar-refractivity contribution in [2.24, 2.45) is 0 Å². The number of alkyl halides is 1. The summed E-state index contributed by atoms with van der Waals surface area (Å²) < 4.78 is 0. The summed E-state index contributed by atoms with van der Waals surface area (Å²) in [6.07, 6.45) is 2.25. The standard InChI is InChI=1S/C7H15ClN2/c1-9(2)10-5-3-7(8)4-6-10/h7H,3-6H2,1-2H3. The summed E-state index contributed by atoms with van der Waals surface area (Å²) in [5.74, 6) is 0. The lowest BCUT2D eigenvalue weighted by Gasteiger charge is -2.33. The minimum absolute atomic E-state index is 0.413. The minimum Gasteiger partial charge on any atom is -0.248 e. The molecule has 1 rings (SSSR count). The van der Waals surface area contributed by atoms with Crippen LogP contribution in [0.1, 0.15) is 12.8 Å². The molecule has 0 aliphatic carbocycles. The molecule has 60 valence electrons. The zero-order chi connectivity index (χ0) is 7.56. The lowest BCUT2D eigenvalue weighted by atomic mass is 10.1. The van der Waals surface area contributed by atoms with Crippen molar-refractivity contribution in [2.75, 3.05) is 27.2 Å². The van der Waals surface area contributed by atoms with Crippen LogP contribution in [0.5, 0.6) is 0 Å². The van der Waals surface area contributed by atoms with Gasteiger partial charge in [0, 0.05) is 32.6 Å². The maximum Gasteiger partial charge on any atom is 0.0361 e. The molecular weight excluding hydrogens is 148 g/mol. The van der Waals surface area contributed by atoms with Crippen molar-refractivity contribution in [2.45, 2.75) is 18.2 Å². The average Bonchev–Trinajstić information content (AvgIpc) is 1.88. The summed E-state index contributed by atoms with van der Waals surface area (Å²) >= 11 is 5.94. The number of hydrogen-bond acceptors (Lipinski definition) is 2. The van der Waals surface area contributed by atoms with Gasteiger partial charge in [-0.2, -0.15) is 0 Å². The normalized spacial score (nSPS) is 24.0. The lowest BCUT2D eigenvalue weighted by Crippen LogP contribution is -2.42. The second-order valence-corrected chi connectivity index (χ2v) is 3.59. The topological polar surface area (TPSA) is 6.48 Å². The molecule has 1 fully saturated rings. The molecule has 0 aromatic rings. The number of hydrogen-bond donors (Lipinski definition) is 0. The van der Waals surface area contributed by atoms with Gasteiger partial charge in [0.1, 0.15) is 0 Å². The number of hydrazine groups is 1. The minimum atomic E-state index is 0.413. The van der Waals surface area contributed by atoms with E-state index in [0.717, 1.165) is 25.9 Å². The Morgan fingerprint density at radius 3 is 2.20 bits per heavy atom. The van der Waals surface area contributed by atoms with Gasteiger partial charge in [-0.05, 0) is 12.8 Å². The Morgan fingerprint density at radius 2 is 1.80 bits per heavy atom. The summed E-state index contributed by atoms with van der Waals surface area (Å²) in [7, 11) is 4.16. The fourth-order valence-electron chi connectivity index (χ4n) is 1.23. The number of nitrogens with zero attached hydrogens (tertiary/aromatic N) is 2. The van der Waals surface area contributed by atoms with E-state index in [1.807, 2.05) is 0 Å². The van der Waals surface area contributed by atoms with Gasteiger partial charge in [-0.25, -0.2) is 10.0 Å². The Bertz CT molecular complexity index is 97.8. The summed E-state index contributed by atoms with van der Waals surface area (Å²) in [6, 6.07) is 0. The van der Waals surface area contributed by atoms with Crippen LogP contribution in [0, 0.1) is 0 Å². The smallest absolute Gasteiger partial charge is 0.0361 e. The molecule has 1 saturated heterocycles. The van der Waals surface area contributed by atoms with E-state index in [1.54, 1.807) is 0 Å². The number of piperidine rings is 1. The summed E-state index contributed by atoms with van der Waals surface area (Å²) in [5, 5.41) is 4.87. The first kappa shape index (κ1) is 8.31. The first-order chi connectivity index (χ1) is 4.70. The van der Waals surface area contributed by atoms with Gasteiger partial charge in [-0.1, -0.05) is 0 Å². The highest BCUT2D eigenvalue weighted by molar-refractivity contribution is 6.20. The molecule has 1 heterocycles. The van der Waals surface area contributed by atoms with Gasteiger partial charge in [-0.3, -0.25) is 0 Å². The molecule has 0 unspecified atom stereocenters. The second kappa shape index (κ2) is 3.56. The molecule has 3 heteroatoms. The van der Waals surface area contributed by atoms with Gasteiger partial charge in [0.15, 0.2) is 0 Å². The van der Waals surface area contributed by atoms with E-state index in [2.05, 4.69) is 24.1 Å². The molecule has 1 aliphatic rings. The predicted octanol–water partition coefficient (Wildman–Crippen LogP) is 1.17. The first-order valence-electron chi connectivity index (χ1n) is 3.76. The van der Waals surface area contributed by atoms with Crippen molar-refractivity contribution in [1.29, 1.82) is 0 Å². The van der Waals surface area contributed by atoms with Crippen LogP contribution in [0.3, 0.4) is 0 Å². The van der Waals surface area contributed by atoms with Crippen molar-refractivity contribution < 1.29 is 0 Å². The highest BCUT2D eigenvalue weighted by atomic mass is 35.5.